The maximum atomic E-state index is 6.16. The molecule has 18 aromatic rings. The first-order valence-electron chi connectivity index (χ1n) is 41.2. The number of aliphatic imine (C=N–C) groups is 4. The normalized spacial score (nSPS) is 16.5. The van der Waals surface area contributed by atoms with Crippen LogP contribution in [0.4, 0.5) is 0 Å². The third-order valence-electron chi connectivity index (χ3n) is 26.1. The van der Waals surface area contributed by atoms with Gasteiger partial charge in [-0.15, -0.1) is 0 Å². The molecule has 0 fully saturated rings. The van der Waals surface area contributed by atoms with Crippen molar-refractivity contribution in [2.24, 2.45) is 20.0 Å². The Morgan fingerprint density at radius 3 is 0.871 bits per heavy atom. The summed E-state index contributed by atoms with van der Waals surface area (Å²) >= 11 is 0. The van der Waals surface area contributed by atoms with Crippen LogP contribution in [0.15, 0.2) is 346 Å². The smallest absolute Gasteiger partial charge is 0.159 e. The molecule has 16 nitrogen and oxygen atoms in total. The van der Waals surface area contributed by atoms with Crippen LogP contribution in [0.2, 0.25) is 0 Å². The number of ether oxygens (including phenoxy) is 8. The molecule has 2 unspecified atom stereocenters. The number of hydrogen-bond acceptors (Lipinski definition) is 14. The molecule has 2 aromatic heterocycles. The van der Waals surface area contributed by atoms with Crippen LogP contribution < -0.4 is 37.9 Å². The van der Waals surface area contributed by atoms with E-state index in [0.29, 0.717) is 69.0 Å². The molecular formula is C108H74N8O8. The summed E-state index contributed by atoms with van der Waals surface area (Å²) in [7, 11) is 13.6. The molecule has 4 aliphatic heterocycles. The number of rotatable bonds is 13. The molecule has 594 valence electrons. The van der Waals surface area contributed by atoms with Crippen molar-refractivity contribution in [2.75, 3.05) is 56.9 Å². The van der Waals surface area contributed by atoms with E-state index in [1.807, 2.05) is 60.7 Å². The molecule has 2 aliphatic carbocycles. The monoisotopic (exact) mass is 1610 g/mol. The minimum absolute atomic E-state index is 0.491. The molecule has 2 atom stereocenters. The van der Waals surface area contributed by atoms with Gasteiger partial charge in [0.2, 0.25) is 0 Å². The predicted octanol–water partition coefficient (Wildman–Crippen LogP) is 22.8. The first kappa shape index (κ1) is 72.1. The van der Waals surface area contributed by atoms with Gasteiger partial charge in [-0.1, -0.05) is 121 Å². The third-order valence-corrected chi connectivity index (χ3v) is 26.1. The van der Waals surface area contributed by atoms with Gasteiger partial charge in [-0.3, -0.25) is 0 Å². The molecule has 0 bridgehead atoms. The number of nitrogens with zero attached hydrogens (tertiary/aromatic N) is 8. The number of methoxy groups -OCH3 is 8. The molecule has 24 rings (SSSR count). The Morgan fingerprint density at radius 2 is 0.540 bits per heavy atom. The van der Waals surface area contributed by atoms with Crippen molar-refractivity contribution < 1.29 is 37.9 Å². The number of hydrogen-bond donors (Lipinski definition) is 0. The topological polar surface area (TPSA) is 159 Å². The predicted molar refractivity (Wildman–Crippen MR) is 495 cm³/mol. The standard InChI is InChI=1S/C108H74N8O8/c1-117-65-35-25-61(26-36-65)95-96(62-27-37-66(118-2)38-28-62)110-103(109-95)91-57-87(75-21-13-15-23-89(75)107(91)93-73-19-11-9-17-59(73)33-47-81(93)105-113-99-77-49-43-69(121-5)53-83(77)85-55-71(123-7)45-51-79(85)101(99)115(105)107)88-58-92(104-111-97(63-29-39-67(119-3)40-30-63)98(112-104)64-31-41-68(120-4)42-32-64)108(90-24-16-14-22-76(88)90)94-74-20-12-10-18-60(74)34-48-82(94)106-114-100-78-50-44-70(122-6)54-84(78)86-56-72(124-8)46-52-80(86)102(100)116(106)108/h9-58H,1-8H3. The van der Waals surface area contributed by atoms with Crippen molar-refractivity contribution in [1.82, 2.24) is 19.1 Å². The lowest BCUT2D eigenvalue weighted by Gasteiger charge is -2.44. The molecule has 0 radical (unpaired) electrons. The van der Waals surface area contributed by atoms with E-state index in [9.17, 15) is 0 Å². The van der Waals surface area contributed by atoms with Crippen molar-refractivity contribution in [3.05, 3.63) is 382 Å². The van der Waals surface area contributed by atoms with Crippen molar-refractivity contribution in [1.29, 1.82) is 0 Å². The van der Waals surface area contributed by atoms with Gasteiger partial charge in [0.25, 0.3) is 0 Å². The van der Waals surface area contributed by atoms with E-state index in [0.717, 1.165) is 199 Å². The summed E-state index contributed by atoms with van der Waals surface area (Å²) < 4.78 is 53.0. The van der Waals surface area contributed by atoms with E-state index >= 15 is 0 Å². The van der Waals surface area contributed by atoms with Gasteiger partial charge >= 0.3 is 0 Å². The Labute approximate surface area is 711 Å². The lowest BCUT2D eigenvalue weighted by atomic mass is 9.64. The Balaban J connectivity index is 0.896. The van der Waals surface area contributed by atoms with E-state index in [1.165, 1.54) is 0 Å². The van der Waals surface area contributed by atoms with Crippen molar-refractivity contribution in [3.8, 4) is 68.8 Å². The highest BCUT2D eigenvalue weighted by molar-refractivity contribution is 6.56. The number of fused-ring (bicyclic) bond motifs is 32. The Hall–Kier alpha value is -15.9. The molecule has 0 amide bonds. The van der Waals surface area contributed by atoms with Gasteiger partial charge in [-0.2, -0.15) is 0 Å². The van der Waals surface area contributed by atoms with Crippen LogP contribution in [-0.2, 0) is 11.1 Å². The Morgan fingerprint density at radius 1 is 0.250 bits per heavy atom. The Bertz CT molecular complexity index is 7460. The molecule has 16 aromatic carbocycles. The maximum Gasteiger partial charge on any atom is 0.159 e. The lowest BCUT2D eigenvalue weighted by molar-refractivity contribution is 0.414. The lowest BCUT2D eigenvalue weighted by Crippen LogP contribution is -2.40. The quantitative estimate of drug-likeness (QED) is 0.102. The largest absolute Gasteiger partial charge is 0.497 e. The summed E-state index contributed by atoms with van der Waals surface area (Å²) in [6, 6.07) is 102. The SMILES string of the molecule is COc1ccc(C2=NC(=C3C=C(C4=CC(=C5N=C(c6ccc(OC)cc6)C(c6ccc(OC)cc6)=N5)C5(c6ccccc64)c4c(ccc6ccccc46)-c4nc6c7ccc(OC)cc7c7cc(OC)ccc7c6n45)c4ccccc4C34c3c(ccc5ccccc35)-c3nc5c6ccc(OC)cc6c6cc(OC)ccc6c5n34)N=C2c2ccc(OC)cc2)cc1. The van der Waals surface area contributed by atoms with Crippen LogP contribution in [0.3, 0.4) is 0 Å². The van der Waals surface area contributed by atoms with Gasteiger partial charge in [-0.25, -0.2) is 29.9 Å². The molecule has 0 saturated heterocycles. The van der Waals surface area contributed by atoms with Gasteiger partial charge in [0, 0.05) is 77.2 Å². The highest BCUT2D eigenvalue weighted by atomic mass is 16.5. The van der Waals surface area contributed by atoms with Crippen LogP contribution in [-0.4, -0.2) is 98.8 Å². The molecule has 6 aliphatic rings. The fraction of sp³-hybridized carbons (Fsp3) is 0.0926. The van der Waals surface area contributed by atoms with E-state index in [-0.39, 0.29) is 0 Å². The van der Waals surface area contributed by atoms with Gasteiger partial charge in [0.1, 0.15) is 68.7 Å². The Kier molecular flexibility index (Phi) is 15.9. The minimum atomic E-state index is -1.35. The van der Waals surface area contributed by atoms with Crippen LogP contribution in [0.5, 0.6) is 46.0 Å². The molecular weight excluding hydrogens is 1540 g/mol. The summed E-state index contributed by atoms with van der Waals surface area (Å²) in [5, 5.41) is 11.9. The average molecular weight is 1610 g/mol. The zero-order valence-corrected chi connectivity index (χ0v) is 68.7. The molecule has 6 heterocycles. The molecule has 124 heavy (non-hydrogen) atoms. The summed E-state index contributed by atoms with van der Waals surface area (Å²) in [6.45, 7) is 0. The van der Waals surface area contributed by atoms with Crippen LogP contribution in [0.1, 0.15) is 55.6 Å². The number of benzene rings is 16. The minimum Gasteiger partial charge on any atom is -0.497 e. The van der Waals surface area contributed by atoms with Gasteiger partial charge < -0.3 is 47.0 Å². The summed E-state index contributed by atoms with van der Waals surface area (Å²) in [5.74, 6) is 8.23. The van der Waals surface area contributed by atoms with Crippen molar-refractivity contribution >= 4 is 121 Å². The number of aromatic nitrogens is 4. The van der Waals surface area contributed by atoms with Gasteiger partial charge in [0.05, 0.1) is 102 Å². The fourth-order valence-electron chi connectivity index (χ4n) is 20.6. The molecule has 2 spiro atoms. The van der Waals surface area contributed by atoms with Crippen molar-refractivity contribution in [3.63, 3.8) is 0 Å². The van der Waals surface area contributed by atoms with E-state index in [1.54, 1.807) is 56.9 Å². The van der Waals surface area contributed by atoms with Crippen LogP contribution >= 0.6 is 0 Å². The van der Waals surface area contributed by atoms with E-state index < -0.39 is 11.1 Å². The fourth-order valence-corrected chi connectivity index (χ4v) is 20.6. The second kappa shape index (κ2) is 27.3. The molecule has 16 heteroatoms. The van der Waals surface area contributed by atoms with Gasteiger partial charge in [-0.05, 0) is 259 Å². The number of allylic oxidation sites excluding steroid dienone is 6. The van der Waals surface area contributed by atoms with E-state index in [2.05, 4.69) is 252 Å². The summed E-state index contributed by atoms with van der Waals surface area (Å²) in [5.41, 5.74) is 18.0. The first-order valence-corrected chi connectivity index (χ1v) is 41.2. The van der Waals surface area contributed by atoms with Crippen molar-refractivity contribution in [2.45, 2.75) is 11.1 Å². The highest BCUT2D eigenvalue weighted by Crippen LogP contribution is 2.66. The molecule has 0 saturated carbocycles. The second-order valence-corrected chi connectivity index (χ2v) is 31.9. The van der Waals surface area contributed by atoms with Crippen LogP contribution in [0, 0.1) is 0 Å². The highest BCUT2D eigenvalue weighted by Gasteiger charge is 2.58. The van der Waals surface area contributed by atoms with Gasteiger partial charge in [0.15, 0.2) is 11.6 Å². The zero-order valence-electron chi connectivity index (χ0n) is 68.7. The molecule has 0 N–H and O–H groups in total. The summed E-state index contributed by atoms with van der Waals surface area (Å²) in [4.78, 5) is 36.6. The third kappa shape index (κ3) is 10.0. The maximum absolute atomic E-state index is 6.16. The van der Waals surface area contributed by atoms with Crippen LogP contribution in [0.25, 0.3) is 121 Å². The first-order chi connectivity index (χ1) is 61.1. The summed E-state index contributed by atoms with van der Waals surface area (Å²) in [6.07, 6.45) is 4.84. The zero-order chi connectivity index (χ0) is 83.1. The van der Waals surface area contributed by atoms with E-state index in [4.69, 9.17) is 67.8 Å². The second-order valence-electron chi connectivity index (χ2n) is 31.9. The average Bonchev–Trinajstić information content (AvgIpc) is 1.49. The number of imidazole rings is 2.